The van der Waals surface area contributed by atoms with Gasteiger partial charge in [-0.3, -0.25) is 0 Å². The van der Waals surface area contributed by atoms with Crippen LogP contribution in [-0.2, 0) is 0 Å². The van der Waals surface area contributed by atoms with Gasteiger partial charge in [0.25, 0.3) is 0 Å². The first-order chi connectivity index (χ1) is 9.58. The molecule has 1 heterocycles. The number of hydrogen-bond acceptors (Lipinski definition) is 0. The van der Waals surface area contributed by atoms with Crippen molar-refractivity contribution in [3.63, 3.8) is 0 Å². The zero-order valence-corrected chi connectivity index (χ0v) is 23.3. The Labute approximate surface area is 151 Å². The molecule has 1 aliphatic rings. The molecule has 22 heavy (non-hydrogen) atoms. The summed E-state index contributed by atoms with van der Waals surface area (Å²) in [7, 11) is -3.42. The van der Waals surface area contributed by atoms with Crippen molar-refractivity contribution in [1.29, 1.82) is 0 Å². The van der Waals surface area contributed by atoms with Gasteiger partial charge in [-0.2, -0.15) is 0 Å². The predicted octanol–water partition coefficient (Wildman–Crippen LogP) is 5.69. The van der Waals surface area contributed by atoms with Crippen molar-refractivity contribution in [1.82, 2.24) is 0 Å². The van der Waals surface area contributed by atoms with Gasteiger partial charge in [0.1, 0.15) is 0 Å². The molecule has 1 aliphatic heterocycles. The van der Waals surface area contributed by atoms with Crippen LogP contribution in [0, 0.1) is 0 Å². The normalized spacial score (nSPS) is 16.5. The topological polar surface area (TPSA) is 0 Å². The maximum atomic E-state index is 2.56. The van der Waals surface area contributed by atoms with Crippen LogP contribution in [-0.4, -0.2) is 52.0 Å². The Balaban J connectivity index is 0.000000980. The Morgan fingerprint density at radius 1 is 0.727 bits per heavy atom. The first-order valence-electron chi connectivity index (χ1n) is 8.41. The van der Waals surface area contributed by atoms with Gasteiger partial charge in [0.05, 0.1) is 0 Å². The quantitative estimate of drug-likeness (QED) is 0.508. The van der Waals surface area contributed by atoms with Gasteiger partial charge >= 0.3 is 123 Å². The fraction of sp³-hybridized carbons (Fsp3) is 0.706. The van der Waals surface area contributed by atoms with Crippen LogP contribution in [0.25, 0.3) is 0 Å². The third-order valence-corrected chi connectivity index (χ3v) is 17.4. The van der Waals surface area contributed by atoms with Crippen LogP contribution < -0.4 is 0 Å². The predicted molar refractivity (Wildman–Crippen MR) is 120 cm³/mol. The van der Waals surface area contributed by atoms with Crippen molar-refractivity contribution in [2.24, 2.45) is 0 Å². The van der Waals surface area contributed by atoms with Crippen molar-refractivity contribution < 1.29 is 0 Å². The molecule has 0 saturated heterocycles. The molecule has 0 aromatic rings. The molecule has 0 N–H and O–H groups in total. The molecule has 0 fully saturated rings. The zero-order valence-electron chi connectivity index (χ0n) is 17.2. The molecule has 0 unspecified atom stereocenters. The van der Waals surface area contributed by atoms with E-state index in [0.29, 0.717) is 0 Å². The van der Waals surface area contributed by atoms with Crippen LogP contribution >= 0.6 is 0 Å². The van der Waals surface area contributed by atoms with Gasteiger partial charge in [-0.1, -0.05) is 19.6 Å². The molecular weight excluding hydrogens is 389 g/mol. The molecule has 0 atom stereocenters. The van der Waals surface area contributed by atoms with Gasteiger partial charge < -0.3 is 0 Å². The molecule has 0 aromatic heterocycles. The third kappa shape index (κ3) is 7.55. The van der Waals surface area contributed by atoms with Crippen molar-refractivity contribution in [2.45, 2.75) is 78.6 Å². The number of rotatable bonds is 3. The van der Waals surface area contributed by atoms with Gasteiger partial charge in [-0.15, -0.1) is 0 Å². The van der Waals surface area contributed by atoms with Gasteiger partial charge in [0.15, 0.2) is 0 Å². The fourth-order valence-corrected chi connectivity index (χ4v) is 19.5. The summed E-state index contributed by atoms with van der Waals surface area (Å²) in [5, 5.41) is 3.69. The Kier molecular flexibility index (Phi) is 8.51. The van der Waals surface area contributed by atoms with Crippen LogP contribution in [0.2, 0.25) is 78.6 Å². The van der Waals surface area contributed by atoms with Gasteiger partial charge in [0.2, 0.25) is 0 Å². The molecule has 126 valence electrons. The smallest absolute Gasteiger partial charge is 0.0379 e. The minimum Gasteiger partial charge on any atom is -0.0715 e. The fourth-order valence-electron chi connectivity index (χ4n) is 2.49. The number of allylic oxidation sites excluding steroid dienone is 3. The first-order valence-corrected chi connectivity index (χ1v) is 24.2. The number of hydrogen-bond donors (Lipinski definition) is 0. The van der Waals surface area contributed by atoms with E-state index >= 15 is 0 Å². The minimum atomic E-state index is -1.21. The molecule has 0 aromatic carbocycles. The molecule has 0 nitrogen and oxygen atoms in total. The summed E-state index contributed by atoms with van der Waals surface area (Å²) < 4.78 is 1.97. The van der Waals surface area contributed by atoms with E-state index < -0.39 is 24.2 Å². The molecule has 5 heteroatoms. The molecule has 0 spiro atoms. The van der Waals surface area contributed by atoms with E-state index in [1.54, 1.807) is 5.20 Å². The molecule has 1 rings (SSSR count). The Morgan fingerprint density at radius 3 is 1.41 bits per heavy atom. The van der Waals surface area contributed by atoms with E-state index in [1.165, 1.54) is 0 Å². The van der Waals surface area contributed by atoms with Crippen LogP contribution in [0.4, 0.5) is 0 Å². The maximum absolute atomic E-state index is 2.56. The first kappa shape index (κ1) is 22.8. The summed E-state index contributed by atoms with van der Waals surface area (Å²) in [6, 6.07) is 0. The summed E-state index contributed by atoms with van der Waals surface area (Å²) >= 11 is 0.0309. The monoisotopic (exact) mass is 428 g/mol. The largest absolute Gasteiger partial charge is 0.0715 e. The summed E-state index contributed by atoms with van der Waals surface area (Å²) in [6.07, 6.45) is 2.53. The SMILES string of the molecule is C[Si](C)(C)[C]1=[Ge][CH]=CC([Si](C)(C)C)=C1[Si](C)(C)C.C[Si](C)C. The molecule has 0 amide bonds. The van der Waals surface area contributed by atoms with Crippen LogP contribution in [0.3, 0.4) is 0 Å². The zero-order chi connectivity index (χ0) is 17.9. The second-order valence-electron chi connectivity index (χ2n) is 9.89. The van der Waals surface area contributed by atoms with E-state index in [-0.39, 0.29) is 23.8 Å². The van der Waals surface area contributed by atoms with E-state index in [4.69, 9.17) is 0 Å². The Hall–Kier alpha value is 0.760. The van der Waals surface area contributed by atoms with Crippen LogP contribution in [0.1, 0.15) is 0 Å². The van der Waals surface area contributed by atoms with E-state index in [1.807, 2.05) is 9.17 Å². The average molecular weight is 427 g/mol. The van der Waals surface area contributed by atoms with E-state index in [9.17, 15) is 0 Å². The average Bonchev–Trinajstić information content (AvgIpc) is 2.23. The Bertz CT molecular complexity index is 464. The van der Waals surface area contributed by atoms with Gasteiger partial charge in [-0.05, 0) is 0 Å². The molecule has 0 saturated carbocycles. The summed E-state index contributed by atoms with van der Waals surface area (Å²) in [6.45, 7) is 29.6. The van der Waals surface area contributed by atoms with Crippen molar-refractivity contribution in [3.05, 3.63) is 21.4 Å². The standard InChI is InChI=1S/C14H29GeSi3.C3H9Si/c1-16(2,3)12-10-11-15-14(18(7,8)9)13(12)17(4,5)6;1-4(2)3/h10-11H,1-9H3;1-3H3. The third-order valence-electron chi connectivity index (χ3n) is 3.31. The van der Waals surface area contributed by atoms with E-state index in [0.717, 1.165) is 0 Å². The minimum absolute atomic E-state index is 0.0309. The molecular formula is C17H38GeSi4. The summed E-state index contributed by atoms with van der Waals surface area (Å²) in [5.74, 6) is 0. The van der Waals surface area contributed by atoms with Gasteiger partial charge in [-0.25, -0.2) is 0 Å². The van der Waals surface area contributed by atoms with Gasteiger partial charge in [0, 0.05) is 8.80 Å². The van der Waals surface area contributed by atoms with E-state index in [2.05, 4.69) is 89.5 Å². The summed E-state index contributed by atoms with van der Waals surface area (Å²) in [5.41, 5.74) is 0. The second kappa shape index (κ2) is 8.23. The van der Waals surface area contributed by atoms with Crippen molar-refractivity contribution in [2.75, 3.05) is 0 Å². The second-order valence-corrected chi connectivity index (χ2v) is 31.3. The van der Waals surface area contributed by atoms with Crippen molar-refractivity contribution in [3.8, 4) is 0 Å². The summed E-state index contributed by atoms with van der Waals surface area (Å²) in [4.78, 5) is 2.56. The Morgan fingerprint density at radius 2 is 1.14 bits per heavy atom. The maximum Gasteiger partial charge on any atom is 0.0379 e. The molecule has 2 radical (unpaired) electrons. The van der Waals surface area contributed by atoms with Crippen LogP contribution in [0.15, 0.2) is 21.4 Å². The van der Waals surface area contributed by atoms with Crippen LogP contribution in [0.5, 0.6) is 0 Å². The molecule has 0 aliphatic carbocycles. The molecule has 0 bridgehead atoms. The van der Waals surface area contributed by atoms with Crippen molar-refractivity contribution >= 4 is 52.0 Å².